The maximum Gasteiger partial charge on any atom is 0.220 e. The van der Waals surface area contributed by atoms with Gasteiger partial charge in [-0.05, 0) is 19.4 Å². The second kappa shape index (κ2) is 28.2. The Kier molecular flexibility index (Phi) is 23.3. The zero-order valence-electron chi connectivity index (χ0n) is 36.4. The molecule has 26 heteroatoms. The topological polar surface area (TPSA) is 355 Å². The van der Waals surface area contributed by atoms with E-state index in [0.29, 0.717) is 63.6 Å². The van der Waals surface area contributed by atoms with Crippen molar-refractivity contribution in [1.29, 1.82) is 0 Å². The highest BCUT2D eigenvalue weighted by Crippen LogP contribution is 2.23. The Hall–Kier alpha value is -3.87. The highest BCUT2D eigenvalue weighted by Gasteiger charge is 2.46. The van der Waals surface area contributed by atoms with Gasteiger partial charge < -0.3 is 80.7 Å². The van der Waals surface area contributed by atoms with Gasteiger partial charge in [0.2, 0.25) is 17.7 Å². The minimum Gasteiger partial charge on any atom is -0.394 e. The molecule has 64 heavy (non-hydrogen) atoms. The first-order valence-electron chi connectivity index (χ1n) is 21.5. The first-order chi connectivity index (χ1) is 30.8. The minimum atomic E-state index is -1.41. The van der Waals surface area contributed by atoms with Crippen LogP contribution in [0.3, 0.4) is 0 Å². The molecule has 2 aliphatic rings. The van der Waals surface area contributed by atoms with E-state index in [1.54, 1.807) is 9.36 Å². The summed E-state index contributed by atoms with van der Waals surface area (Å²) < 4.78 is 37.2. The number of nitrogens with zero attached hydrogens (tertiary/aromatic N) is 7. The molecule has 0 bridgehead atoms. The molecule has 3 amide bonds. The number of aromatic nitrogens is 6. The van der Waals surface area contributed by atoms with Crippen molar-refractivity contribution in [3.63, 3.8) is 0 Å². The van der Waals surface area contributed by atoms with Crippen LogP contribution in [0, 0.1) is 0 Å². The van der Waals surface area contributed by atoms with Crippen molar-refractivity contribution >= 4 is 17.7 Å². The van der Waals surface area contributed by atoms with Gasteiger partial charge in [0.15, 0.2) is 12.6 Å². The van der Waals surface area contributed by atoms with Gasteiger partial charge in [0.05, 0.1) is 77.3 Å². The Morgan fingerprint density at radius 3 is 1.64 bits per heavy atom. The molecule has 2 aromatic rings. The van der Waals surface area contributed by atoms with Gasteiger partial charge in [-0.25, -0.2) is 9.36 Å². The molecule has 364 valence electrons. The predicted molar refractivity (Wildman–Crippen MR) is 219 cm³/mol. The van der Waals surface area contributed by atoms with Gasteiger partial charge in [-0.15, -0.1) is 10.2 Å². The molecule has 2 fully saturated rings. The van der Waals surface area contributed by atoms with Crippen LogP contribution in [0.25, 0.3) is 0 Å². The number of hydrogen-bond acceptors (Lipinski definition) is 21. The molecule has 0 aliphatic carbocycles. The van der Waals surface area contributed by atoms with Gasteiger partial charge in [0, 0.05) is 58.8 Å². The maximum atomic E-state index is 12.0. The van der Waals surface area contributed by atoms with E-state index in [1.165, 1.54) is 13.8 Å². The normalized spacial score (nSPS) is 26.0. The number of carbonyl (C=O) groups is 3. The Bertz CT molecular complexity index is 1560. The zero-order chi connectivity index (χ0) is 46.4. The summed E-state index contributed by atoms with van der Waals surface area (Å²) in [4.78, 5) is 37.5. The summed E-state index contributed by atoms with van der Waals surface area (Å²) in [7, 11) is 0. The van der Waals surface area contributed by atoms with Crippen LogP contribution < -0.4 is 21.7 Å². The maximum absolute atomic E-state index is 12.0. The molecule has 26 nitrogen and oxygen atoms in total. The Labute approximate surface area is 370 Å². The van der Waals surface area contributed by atoms with E-state index in [9.17, 15) is 45.0 Å². The molecule has 2 aromatic heterocycles. The number of rotatable bonds is 30. The van der Waals surface area contributed by atoms with Gasteiger partial charge in [-0.1, -0.05) is 16.8 Å². The highest BCUT2D eigenvalue weighted by molar-refractivity contribution is 5.75. The fraction of sp³-hybridized carbons (Fsp3) is 0.816. The summed E-state index contributed by atoms with van der Waals surface area (Å²) in [5, 5.41) is 85.2. The number of hydrogen-bond donors (Lipinski definition) is 10. The number of unbranched alkanes of at least 4 members (excludes halogenated alkanes) is 2. The Morgan fingerprint density at radius 2 is 1.20 bits per heavy atom. The van der Waals surface area contributed by atoms with Crippen LogP contribution in [0.1, 0.15) is 50.9 Å². The number of carbonyl (C=O) groups excluding carboxylic acids is 3. The highest BCUT2D eigenvalue weighted by atomic mass is 16.7. The molecule has 2 saturated heterocycles. The standard InChI is InChI=1S/C38H67N11O15/c1-24(52)41-31-35(57)33(55)28(22-50)63-37(31)61-16-14-59-12-10-48-20-26(43-45-48)18-47(9-5-3-4-6-30(54)40-8-7-39)19-27-21-49(46-44-27)11-13-60-15-17-62-38-32(42-25(2)53)36(58)34(56)29(23-51)64-38/h20-21,28-29,31-38,50-51,55-58H,3-19,22-23,39H2,1-2H3,(H,40,54)(H,41,52)(H,42,53). The van der Waals surface area contributed by atoms with Gasteiger partial charge in [-0.3, -0.25) is 19.3 Å². The molecular formula is C38H67N11O15. The van der Waals surface area contributed by atoms with E-state index in [0.717, 1.165) is 19.3 Å². The van der Waals surface area contributed by atoms with E-state index >= 15 is 0 Å². The van der Waals surface area contributed by atoms with Crippen LogP contribution in [0.2, 0.25) is 0 Å². The average Bonchev–Trinajstić information content (AvgIpc) is 3.92. The van der Waals surface area contributed by atoms with Crippen molar-refractivity contribution in [1.82, 2.24) is 50.8 Å². The molecule has 4 heterocycles. The van der Waals surface area contributed by atoms with Crippen LogP contribution in [-0.4, -0.2) is 217 Å². The third-order valence-electron chi connectivity index (χ3n) is 10.2. The van der Waals surface area contributed by atoms with Gasteiger partial charge in [0.25, 0.3) is 0 Å². The number of nitrogens with two attached hydrogens (primary N) is 1. The largest absolute Gasteiger partial charge is 0.394 e. The predicted octanol–water partition coefficient (Wildman–Crippen LogP) is -5.54. The Morgan fingerprint density at radius 1 is 0.719 bits per heavy atom. The van der Waals surface area contributed by atoms with Crippen molar-refractivity contribution in [2.24, 2.45) is 5.73 Å². The van der Waals surface area contributed by atoms with Crippen LogP contribution in [0.4, 0.5) is 0 Å². The second-order valence-electron chi connectivity index (χ2n) is 15.4. The fourth-order valence-corrected chi connectivity index (χ4v) is 7.00. The molecule has 0 spiro atoms. The molecule has 2 aliphatic heterocycles. The fourth-order valence-electron chi connectivity index (χ4n) is 7.00. The summed E-state index contributed by atoms with van der Waals surface area (Å²) in [6, 6.07) is -2.09. The third kappa shape index (κ3) is 17.5. The minimum absolute atomic E-state index is 0.0280. The van der Waals surface area contributed by atoms with Crippen LogP contribution in [-0.2, 0) is 69.0 Å². The molecule has 11 N–H and O–H groups in total. The number of ether oxygens (including phenoxy) is 6. The number of aliphatic hydroxyl groups excluding tert-OH is 6. The van der Waals surface area contributed by atoms with Crippen molar-refractivity contribution in [3.8, 4) is 0 Å². The molecule has 10 atom stereocenters. The lowest BCUT2D eigenvalue weighted by atomic mass is 9.97. The first-order valence-corrected chi connectivity index (χ1v) is 21.5. The summed E-state index contributed by atoms with van der Waals surface area (Å²) >= 11 is 0. The van der Waals surface area contributed by atoms with Crippen molar-refractivity contribution in [2.75, 3.05) is 72.5 Å². The smallest absolute Gasteiger partial charge is 0.220 e. The van der Waals surface area contributed by atoms with Crippen molar-refractivity contribution in [3.05, 3.63) is 23.8 Å². The van der Waals surface area contributed by atoms with E-state index < -0.39 is 86.3 Å². The van der Waals surface area contributed by atoms with Gasteiger partial charge >= 0.3 is 0 Å². The SMILES string of the molecule is CC(=O)NC1C(OCCOCCn2cc(CN(CCCCCC(=O)NCCN)Cc3cn(CCOCCOC4OC(CO)C(O)C(O)C4NC(C)=O)nn3)nn2)OC(CO)C(O)C1O. The number of nitrogens with one attached hydrogen (secondary N) is 3. The molecule has 0 aromatic carbocycles. The lowest BCUT2D eigenvalue weighted by Gasteiger charge is -2.42. The van der Waals surface area contributed by atoms with E-state index in [1.807, 2.05) is 12.4 Å². The number of amides is 3. The summed E-state index contributed by atoms with van der Waals surface area (Å²) in [5.41, 5.74) is 6.90. The molecular weight excluding hydrogens is 850 g/mol. The van der Waals surface area contributed by atoms with E-state index in [2.05, 4.69) is 41.5 Å². The molecule has 0 radical (unpaired) electrons. The summed E-state index contributed by atoms with van der Waals surface area (Å²) in [6.45, 7) is 5.51. The molecule has 10 unspecified atom stereocenters. The van der Waals surface area contributed by atoms with Gasteiger partial charge in [-0.2, -0.15) is 0 Å². The van der Waals surface area contributed by atoms with Crippen molar-refractivity contribution < 1.29 is 73.4 Å². The first kappa shape index (κ1) is 52.8. The van der Waals surface area contributed by atoms with Crippen LogP contribution in [0.15, 0.2) is 12.4 Å². The number of aliphatic hydroxyl groups is 6. The van der Waals surface area contributed by atoms with Crippen LogP contribution in [0.5, 0.6) is 0 Å². The summed E-state index contributed by atoms with van der Waals surface area (Å²) in [5.74, 6) is -0.931. The molecule has 4 rings (SSSR count). The second-order valence-corrected chi connectivity index (χ2v) is 15.4. The molecule has 0 saturated carbocycles. The monoisotopic (exact) mass is 917 g/mol. The van der Waals surface area contributed by atoms with Crippen molar-refractivity contribution in [2.45, 2.75) is 127 Å². The van der Waals surface area contributed by atoms with Gasteiger partial charge in [0.1, 0.15) is 48.7 Å². The van der Waals surface area contributed by atoms with Crippen LogP contribution >= 0.6 is 0 Å². The lowest BCUT2D eigenvalue weighted by molar-refractivity contribution is -0.272. The average molecular weight is 918 g/mol. The van der Waals surface area contributed by atoms with E-state index in [4.69, 9.17) is 34.2 Å². The zero-order valence-corrected chi connectivity index (χ0v) is 36.4. The summed E-state index contributed by atoms with van der Waals surface area (Å²) in [6.07, 6.45) is -3.63. The third-order valence-corrected chi connectivity index (χ3v) is 10.2. The Balaban J connectivity index is 1.22. The lowest BCUT2D eigenvalue weighted by Crippen LogP contribution is -2.64. The quantitative estimate of drug-likeness (QED) is 0.0327. The van der Waals surface area contributed by atoms with E-state index in [-0.39, 0.29) is 45.5 Å².